The van der Waals surface area contributed by atoms with E-state index in [0.717, 1.165) is 25.9 Å². The molecule has 0 spiro atoms. The molecule has 122 valence electrons. The van der Waals surface area contributed by atoms with Crippen LogP contribution in [-0.4, -0.2) is 23.1 Å². The standard InChI is InChI=1S/C17H19F2N3O/c1-11-4-3-7-22(10-11)17-20-12(9-16(23)21-17)8-13-14(18)5-2-6-15(13)19/h2,5-6,9,11H,3-4,7-8,10H2,1H3,(H,20,21,23). The van der Waals surface area contributed by atoms with Gasteiger partial charge in [-0.05, 0) is 30.9 Å². The maximum Gasteiger partial charge on any atom is 0.252 e. The topological polar surface area (TPSA) is 49.0 Å². The summed E-state index contributed by atoms with van der Waals surface area (Å²) < 4.78 is 27.6. The minimum atomic E-state index is -0.625. The van der Waals surface area contributed by atoms with Crippen LogP contribution in [0, 0.1) is 17.6 Å². The Kier molecular flexibility index (Phi) is 4.41. The third-order valence-corrected chi connectivity index (χ3v) is 4.16. The number of nitrogens with one attached hydrogen (secondary N) is 1. The molecule has 1 aliphatic rings. The van der Waals surface area contributed by atoms with Crippen LogP contribution in [0.2, 0.25) is 0 Å². The van der Waals surface area contributed by atoms with Crippen molar-refractivity contribution >= 4 is 5.95 Å². The van der Waals surface area contributed by atoms with Crippen LogP contribution in [0.5, 0.6) is 0 Å². The Labute approximate surface area is 133 Å². The summed E-state index contributed by atoms with van der Waals surface area (Å²) in [4.78, 5) is 21.0. The second kappa shape index (κ2) is 6.48. The van der Waals surface area contributed by atoms with Crippen molar-refractivity contribution in [2.75, 3.05) is 18.0 Å². The van der Waals surface area contributed by atoms with E-state index in [0.29, 0.717) is 17.6 Å². The van der Waals surface area contributed by atoms with E-state index in [1.165, 1.54) is 24.3 Å². The fourth-order valence-corrected chi connectivity index (χ4v) is 3.00. The molecule has 0 aliphatic carbocycles. The van der Waals surface area contributed by atoms with Crippen LogP contribution in [0.3, 0.4) is 0 Å². The molecule has 2 aromatic rings. The lowest BCUT2D eigenvalue weighted by molar-refractivity contribution is 0.441. The summed E-state index contributed by atoms with van der Waals surface area (Å²) in [6.07, 6.45) is 2.15. The zero-order chi connectivity index (χ0) is 16.4. The van der Waals surface area contributed by atoms with Crippen molar-refractivity contribution in [3.63, 3.8) is 0 Å². The quantitative estimate of drug-likeness (QED) is 0.946. The van der Waals surface area contributed by atoms with Gasteiger partial charge in [-0.3, -0.25) is 9.78 Å². The van der Waals surface area contributed by atoms with Gasteiger partial charge in [-0.2, -0.15) is 0 Å². The first kappa shape index (κ1) is 15.6. The predicted molar refractivity (Wildman–Crippen MR) is 84.6 cm³/mol. The maximum atomic E-state index is 13.8. The minimum Gasteiger partial charge on any atom is -0.342 e. The summed E-state index contributed by atoms with van der Waals surface area (Å²) in [5.41, 5.74) is -0.00508. The molecule has 1 unspecified atom stereocenters. The van der Waals surface area contributed by atoms with Gasteiger partial charge in [0.2, 0.25) is 5.95 Å². The number of hydrogen-bond donors (Lipinski definition) is 1. The van der Waals surface area contributed by atoms with Crippen molar-refractivity contribution in [2.24, 2.45) is 5.92 Å². The van der Waals surface area contributed by atoms with Crippen molar-refractivity contribution < 1.29 is 8.78 Å². The number of aromatic nitrogens is 2. The van der Waals surface area contributed by atoms with Crippen LogP contribution in [0.15, 0.2) is 29.1 Å². The summed E-state index contributed by atoms with van der Waals surface area (Å²) in [7, 11) is 0. The number of anilines is 1. The number of halogens is 2. The van der Waals surface area contributed by atoms with Crippen molar-refractivity contribution in [1.82, 2.24) is 9.97 Å². The van der Waals surface area contributed by atoms with Crippen molar-refractivity contribution in [1.29, 1.82) is 0 Å². The summed E-state index contributed by atoms with van der Waals surface area (Å²) in [6, 6.07) is 5.03. The van der Waals surface area contributed by atoms with E-state index >= 15 is 0 Å². The van der Waals surface area contributed by atoms with Crippen molar-refractivity contribution in [2.45, 2.75) is 26.2 Å². The molecule has 1 fully saturated rings. The highest BCUT2D eigenvalue weighted by molar-refractivity contribution is 5.33. The molecule has 0 bridgehead atoms. The van der Waals surface area contributed by atoms with Gasteiger partial charge < -0.3 is 4.90 Å². The molecule has 1 atom stereocenters. The Morgan fingerprint density at radius 3 is 2.78 bits per heavy atom. The average molecular weight is 319 g/mol. The zero-order valence-corrected chi connectivity index (χ0v) is 13.0. The number of piperidine rings is 1. The summed E-state index contributed by atoms with van der Waals surface area (Å²) in [5.74, 6) is -0.238. The van der Waals surface area contributed by atoms with E-state index in [4.69, 9.17) is 0 Å². The number of hydrogen-bond acceptors (Lipinski definition) is 3. The van der Waals surface area contributed by atoms with Gasteiger partial charge in [0.15, 0.2) is 0 Å². The monoisotopic (exact) mass is 319 g/mol. The minimum absolute atomic E-state index is 0.0428. The van der Waals surface area contributed by atoms with Gasteiger partial charge in [0.1, 0.15) is 11.6 Å². The summed E-state index contributed by atoms with van der Waals surface area (Å²) in [5, 5.41) is 0. The van der Waals surface area contributed by atoms with Gasteiger partial charge in [-0.15, -0.1) is 0 Å². The molecule has 4 nitrogen and oxygen atoms in total. The van der Waals surface area contributed by atoms with Gasteiger partial charge in [0, 0.05) is 31.1 Å². The molecule has 6 heteroatoms. The van der Waals surface area contributed by atoms with Gasteiger partial charge in [0.25, 0.3) is 5.56 Å². The number of nitrogens with zero attached hydrogens (tertiary/aromatic N) is 2. The number of rotatable bonds is 3. The number of H-pyrrole nitrogens is 1. The molecule has 0 saturated carbocycles. The van der Waals surface area contributed by atoms with E-state index in [1.807, 2.05) is 4.90 Å². The predicted octanol–water partition coefficient (Wildman–Crippen LogP) is 2.88. The molecular weight excluding hydrogens is 300 g/mol. The molecule has 1 N–H and O–H groups in total. The zero-order valence-electron chi connectivity index (χ0n) is 13.0. The van der Waals surface area contributed by atoms with E-state index in [-0.39, 0.29) is 17.5 Å². The Morgan fingerprint density at radius 2 is 2.09 bits per heavy atom. The highest BCUT2D eigenvalue weighted by Crippen LogP contribution is 2.20. The van der Waals surface area contributed by atoms with E-state index < -0.39 is 11.6 Å². The Hall–Kier alpha value is -2.24. The third kappa shape index (κ3) is 3.57. The van der Waals surface area contributed by atoms with Crippen molar-refractivity contribution in [3.8, 4) is 0 Å². The van der Waals surface area contributed by atoms with Crippen LogP contribution in [0.25, 0.3) is 0 Å². The smallest absolute Gasteiger partial charge is 0.252 e. The molecule has 1 aliphatic heterocycles. The molecule has 23 heavy (non-hydrogen) atoms. The molecule has 1 saturated heterocycles. The maximum absolute atomic E-state index is 13.8. The van der Waals surface area contributed by atoms with Crippen LogP contribution in [-0.2, 0) is 6.42 Å². The number of benzene rings is 1. The normalized spacial score (nSPS) is 18.2. The Morgan fingerprint density at radius 1 is 1.35 bits per heavy atom. The molecule has 1 aromatic heterocycles. The van der Waals surface area contributed by atoms with Crippen LogP contribution >= 0.6 is 0 Å². The van der Waals surface area contributed by atoms with E-state index in [2.05, 4.69) is 16.9 Å². The number of aromatic amines is 1. The molecule has 1 aromatic carbocycles. The molecule has 0 amide bonds. The molecule has 3 rings (SSSR count). The lowest BCUT2D eigenvalue weighted by atomic mass is 10.0. The average Bonchev–Trinajstić information content (AvgIpc) is 2.51. The van der Waals surface area contributed by atoms with E-state index in [1.54, 1.807) is 0 Å². The highest BCUT2D eigenvalue weighted by atomic mass is 19.1. The molecule has 0 radical (unpaired) electrons. The summed E-state index contributed by atoms with van der Waals surface area (Å²) in [6.45, 7) is 3.80. The van der Waals surface area contributed by atoms with Gasteiger partial charge in [0.05, 0.1) is 5.69 Å². The fraction of sp³-hybridized carbons (Fsp3) is 0.412. The largest absolute Gasteiger partial charge is 0.342 e. The fourth-order valence-electron chi connectivity index (χ4n) is 3.00. The Balaban J connectivity index is 1.90. The summed E-state index contributed by atoms with van der Waals surface area (Å²) >= 11 is 0. The first-order valence-electron chi connectivity index (χ1n) is 7.81. The van der Waals surface area contributed by atoms with Crippen LogP contribution < -0.4 is 10.5 Å². The van der Waals surface area contributed by atoms with Crippen molar-refractivity contribution in [3.05, 3.63) is 57.5 Å². The second-order valence-electron chi connectivity index (χ2n) is 6.13. The third-order valence-electron chi connectivity index (χ3n) is 4.16. The Bertz CT molecular complexity index is 739. The SMILES string of the molecule is CC1CCCN(c2nc(Cc3c(F)cccc3F)cc(=O)[nH]2)C1. The van der Waals surface area contributed by atoms with Gasteiger partial charge >= 0.3 is 0 Å². The lowest BCUT2D eigenvalue weighted by Gasteiger charge is -2.31. The first-order chi connectivity index (χ1) is 11.0. The van der Waals surface area contributed by atoms with Gasteiger partial charge in [-0.25, -0.2) is 13.8 Å². The van der Waals surface area contributed by atoms with Gasteiger partial charge in [-0.1, -0.05) is 13.0 Å². The van der Waals surface area contributed by atoms with Crippen LogP contribution in [0.4, 0.5) is 14.7 Å². The first-order valence-corrected chi connectivity index (χ1v) is 7.81. The van der Waals surface area contributed by atoms with Crippen LogP contribution in [0.1, 0.15) is 31.0 Å². The molecular formula is C17H19F2N3O. The second-order valence-corrected chi connectivity index (χ2v) is 6.13. The highest BCUT2D eigenvalue weighted by Gasteiger charge is 2.19. The molecule has 2 heterocycles. The van der Waals surface area contributed by atoms with E-state index in [9.17, 15) is 13.6 Å². The lowest BCUT2D eigenvalue weighted by Crippen LogP contribution is -2.36.